The van der Waals surface area contributed by atoms with Crippen molar-refractivity contribution in [1.29, 1.82) is 0 Å². The van der Waals surface area contributed by atoms with Gasteiger partial charge in [-0.3, -0.25) is 0 Å². The molecule has 16 heavy (non-hydrogen) atoms. The predicted octanol–water partition coefficient (Wildman–Crippen LogP) is 0.520. The number of aliphatic hydroxyl groups excluding tert-OH is 2. The summed E-state index contributed by atoms with van der Waals surface area (Å²) in [5.41, 5.74) is 12.2. The second-order valence-electron chi connectivity index (χ2n) is 4.36. The molecular weight excluding hydrogens is 204 g/mol. The molecule has 0 amide bonds. The first-order valence-electron chi connectivity index (χ1n) is 5.24. The van der Waals surface area contributed by atoms with Crippen LogP contribution in [0.4, 0.5) is 5.69 Å². The summed E-state index contributed by atoms with van der Waals surface area (Å²) in [6.07, 6.45) is 0.709. The van der Waals surface area contributed by atoms with Gasteiger partial charge in [0.15, 0.2) is 0 Å². The molecule has 0 radical (unpaired) electrons. The summed E-state index contributed by atoms with van der Waals surface area (Å²) < 4.78 is 0. The molecule has 0 bridgehead atoms. The molecule has 0 aliphatic heterocycles. The Morgan fingerprint density at radius 1 is 1.12 bits per heavy atom. The lowest BCUT2D eigenvalue weighted by Gasteiger charge is -2.12. The number of hydrogen-bond acceptors (Lipinski definition) is 4. The molecular formula is C12H22N2O2. The molecule has 0 fully saturated rings. The molecule has 0 atom stereocenters. The van der Waals surface area contributed by atoms with Gasteiger partial charge in [0, 0.05) is 17.8 Å². The van der Waals surface area contributed by atoms with Crippen LogP contribution in [0.25, 0.3) is 0 Å². The molecule has 0 aliphatic carbocycles. The Bertz CT molecular complexity index is 278. The van der Waals surface area contributed by atoms with Crippen molar-refractivity contribution in [3.8, 4) is 0 Å². The zero-order chi connectivity index (χ0) is 12.6. The lowest BCUT2D eigenvalue weighted by Crippen LogP contribution is -2.35. The maximum atomic E-state index is 8.56. The fourth-order valence-corrected chi connectivity index (χ4v) is 0.813. The van der Waals surface area contributed by atoms with Crippen LogP contribution in [0.3, 0.4) is 0 Å². The molecule has 4 heteroatoms. The first-order valence-corrected chi connectivity index (χ1v) is 5.24. The molecule has 0 saturated heterocycles. The van der Waals surface area contributed by atoms with Crippen molar-refractivity contribution in [3.05, 3.63) is 29.8 Å². The second kappa shape index (κ2) is 7.22. The van der Waals surface area contributed by atoms with E-state index in [-0.39, 0.29) is 13.2 Å². The van der Waals surface area contributed by atoms with E-state index in [1.807, 2.05) is 24.3 Å². The lowest BCUT2D eigenvalue weighted by atomic mass is 10.1. The van der Waals surface area contributed by atoms with Crippen LogP contribution in [-0.2, 0) is 6.42 Å². The third-order valence-corrected chi connectivity index (χ3v) is 1.79. The van der Waals surface area contributed by atoms with E-state index in [0.29, 0.717) is 6.42 Å². The fraction of sp³-hybridized carbons (Fsp3) is 0.500. The largest absolute Gasteiger partial charge is 0.399 e. The molecule has 0 unspecified atom stereocenters. The Labute approximate surface area is 96.9 Å². The SMILES string of the molecule is CC(C)(N)CO.Nc1ccc(CCO)cc1. The summed E-state index contributed by atoms with van der Waals surface area (Å²) in [4.78, 5) is 0. The molecule has 1 aromatic rings. The predicted molar refractivity (Wildman–Crippen MR) is 67.0 cm³/mol. The smallest absolute Gasteiger partial charge is 0.0605 e. The molecule has 0 spiro atoms. The van der Waals surface area contributed by atoms with Crippen molar-refractivity contribution in [1.82, 2.24) is 0 Å². The Morgan fingerprint density at radius 3 is 1.88 bits per heavy atom. The highest BCUT2D eigenvalue weighted by atomic mass is 16.3. The van der Waals surface area contributed by atoms with Crippen LogP contribution in [0.15, 0.2) is 24.3 Å². The van der Waals surface area contributed by atoms with Crippen molar-refractivity contribution in [2.24, 2.45) is 5.73 Å². The van der Waals surface area contributed by atoms with Gasteiger partial charge in [-0.05, 0) is 38.0 Å². The highest BCUT2D eigenvalue weighted by molar-refractivity contribution is 5.39. The highest BCUT2D eigenvalue weighted by Crippen LogP contribution is 2.04. The van der Waals surface area contributed by atoms with E-state index in [1.54, 1.807) is 13.8 Å². The van der Waals surface area contributed by atoms with Gasteiger partial charge in [0.25, 0.3) is 0 Å². The summed E-state index contributed by atoms with van der Waals surface area (Å²) in [5, 5.41) is 16.8. The third-order valence-electron chi connectivity index (χ3n) is 1.79. The van der Waals surface area contributed by atoms with Gasteiger partial charge in [-0.25, -0.2) is 0 Å². The van der Waals surface area contributed by atoms with E-state index in [1.165, 1.54) is 0 Å². The average Bonchev–Trinajstić information content (AvgIpc) is 2.22. The van der Waals surface area contributed by atoms with E-state index < -0.39 is 5.54 Å². The highest BCUT2D eigenvalue weighted by Gasteiger charge is 2.05. The van der Waals surface area contributed by atoms with Gasteiger partial charge in [-0.2, -0.15) is 0 Å². The number of nitrogens with two attached hydrogens (primary N) is 2. The Balaban J connectivity index is 0.000000325. The minimum atomic E-state index is -0.403. The molecule has 0 heterocycles. The number of hydrogen-bond donors (Lipinski definition) is 4. The zero-order valence-corrected chi connectivity index (χ0v) is 9.98. The van der Waals surface area contributed by atoms with Crippen LogP contribution in [0.1, 0.15) is 19.4 Å². The summed E-state index contributed by atoms with van der Waals surface area (Å²) in [6, 6.07) is 7.52. The van der Waals surface area contributed by atoms with E-state index >= 15 is 0 Å². The normalized spacial score (nSPS) is 10.6. The topological polar surface area (TPSA) is 92.5 Å². The van der Waals surface area contributed by atoms with Gasteiger partial charge in [0.1, 0.15) is 0 Å². The Hall–Kier alpha value is -1.10. The van der Waals surface area contributed by atoms with Gasteiger partial charge < -0.3 is 21.7 Å². The molecule has 92 valence electrons. The fourth-order valence-electron chi connectivity index (χ4n) is 0.813. The molecule has 0 aromatic heterocycles. The van der Waals surface area contributed by atoms with Crippen LogP contribution < -0.4 is 11.5 Å². The minimum absolute atomic E-state index is 0.0486. The number of aliphatic hydroxyl groups is 2. The maximum Gasteiger partial charge on any atom is 0.0605 e. The summed E-state index contributed by atoms with van der Waals surface area (Å²) in [6.45, 7) is 3.79. The first-order chi connectivity index (χ1) is 7.39. The number of benzene rings is 1. The number of anilines is 1. The number of nitrogen functional groups attached to an aromatic ring is 1. The van der Waals surface area contributed by atoms with Crippen LogP contribution in [0.2, 0.25) is 0 Å². The summed E-state index contributed by atoms with van der Waals surface area (Å²) >= 11 is 0. The van der Waals surface area contributed by atoms with Crippen LogP contribution in [0, 0.1) is 0 Å². The molecule has 4 nitrogen and oxygen atoms in total. The van der Waals surface area contributed by atoms with Gasteiger partial charge in [-0.1, -0.05) is 12.1 Å². The van der Waals surface area contributed by atoms with Crippen LogP contribution >= 0.6 is 0 Å². The molecule has 1 aromatic carbocycles. The lowest BCUT2D eigenvalue weighted by molar-refractivity contribution is 0.221. The van der Waals surface area contributed by atoms with Crippen molar-refractivity contribution in [2.75, 3.05) is 18.9 Å². The van der Waals surface area contributed by atoms with Crippen molar-refractivity contribution >= 4 is 5.69 Å². The van der Waals surface area contributed by atoms with Crippen molar-refractivity contribution in [3.63, 3.8) is 0 Å². The monoisotopic (exact) mass is 226 g/mol. The average molecular weight is 226 g/mol. The zero-order valence-electron chi connectivity index (χ0n) is 9.98. The minimum Gasteiger partial charge on any atom is -0.399 e. The van der Waals surface area contributed by atoms with Gasteiger partial charge in [-0.15, -0.1) is 0 Å². The molecule has 0 saturated carbocycles. The van der Waals surface area contributed by atoms with Gasteiger partial charge >= 0.3 is 0 Å². The second-order valence-corrected chi connectivity index (χ2v) is 4.36. The van der Waals surface area contributed by atoms with Crippen molar-refractivity contribution < 1.29 is 10.2 Å². The first kappa shape index (κ1) is 14.9. The van der Waals surface area contributed by atoms with E-state index in [0.717, 1.165) is 11.3 Å². The Kier molecular flexibility index (Phi) is 6.72. The number of rotatable bonds is 3. The third kappa shape index (κ3) is 8.23. The van der Waals surface area contributed by atoms with E-state index in [4.69, 9.17) is 21.7 Å². The van der Waals surface area contributed by atoms with Crippen LogP contribution in [-0.4, -0.2) is 29.0 Å². The maximum absolute atomic E-state index is 8.56. The van der Waals surface area contributed by atoms with Gasteiger partial charge in [0.2, 0.25) is 0 Å². The van der Waals surface area contributed by atoms with Crippen LogP contribution in [0.5, 0.6) is 0 Å². The summed E-state index contributed by atoms with van der Waals surface area (Å²) in [5.74, 6) is 0. The van der Waals surface area contributed by atoms with E-state index in [2.05, 4.69) is 0 Å². The van der Waals surface area contributed by atoms with E-state index in [9.17, 15) is 0 Å². The quantitative estimate of drug-likeness (QED) is 0.565. The molecule has 0 aliphatic rings. The summed E-state index contributed by atoms with van der Waals surface area (Å²) in [7, 11) is 0. The molecule has 1 rings (SSSR count). The molecule has 6 N–H and O–H groups in total. The standard InChI is InChI=1S/C8H11NO.C4H11NO/c9-8-3-1-7(2-4-8)5-6-10;1-4(2,5)3-6/h1-4,10H,5-6,9H2;6H,3,5H2,1-2H3. The van der Waals surface area contributed by atoms with Crippen molar-refractivity contribution in [2.45, 2.75) is 25.8 Å². The Morgan fingerprint density at radius 2 is 1.56 bits per heavy atom. The van der Waals surface area contributed by atoms with Gasteiger partial charge in [0.05, 0.1) is 6.61 Å².